The molecule has 1 aliphatic rings. The highest BCUT2D eigenvalue weighted by Crippen LogP contribution is 2.48. The quantitative estimate of drug-likeness (QED) is 0.907. The summed E-state index contributed by atoms with van der Waals surface area (Å²) in [6.45, 7) is 6.03. The molecule has 5 nitrogen and oxygen atoms in total. The van der Waals surface area contributed by atoms with Gasteiger partial charge in [-0.2, -0.15) is 0 Å². The van der Waals surface area contributed by atoms with E-state index in [-0.39, 0.29) is 30.2 Å². The van der Waals surface area contributed by atoms with Gasteiger partial charge in [-0.25, -0.2) is 0 Å². The van der Waals surface area contributed by atoms with Crippen LogP contribution >= 0.6 is 0 Å². The monoisotopic (exact) mass is 340 g/mol. The Balaban J connectivity index is 1.57. The Hall–Kier alpha value is -2.56. The van der Waals surface area contributed by atoms with E-state index in [1.807, 2.05) is 45.0 Å². The van der Waals surface area contributed by atoms with Crippen LogP contribution in [0.5, 0.6) is 0 Å². The second kappa shape index (κ2) is 6.75. The molecule has 2 aromatic rings. The zero-order valence-corrected chi connectivity index (χ0v) is 15.1. The molecule has 0 radical (unpaired) electrons. The Morgan fingerprint density at radius 3 is 2.52 bits per heavy atom. The molecule has 2 atom stereocenters. The maximum Gasteiger partial charge on any atom is 0.243 e. The van der Waals surface area contributed by atoms with Gasteiger partial charge in [-0.15, -0.1) is 0 Å². The smallest absolute Gasteiger partial charge is 0.243 e. The average Bonchev–Trinajstić information content (AvgIpc) is 3.14. The minimum atomic E-state index is -0.180. The number of nitrogens with zero attached hydrogens (tertiary/aromatic N) is 1. The number of hydrogen-bond donors (Lipinski definition) is 1. The maximum atomic E-state index is 12.5. The lowest BCUT2D eigenvalue weighted by molar-refractivity contribution is -0.134. The van der Waals surface area contributed by atoms with Crippen LogP contribution in [-0.4, -0.2) is 30.3 Å². The largest absolute Gasteiger partial charge is 0.469 e. The average molecular weight is 340 g/mol. The van der Waals surface area contributed by atoms with Crippen molar-refractivity contribution in [3.63, 3.8) is 0 Å². The van der Waals surface area contributed by atoms with Gasteiger partial charge in [0.2, 0.25) is 11.8 Å². The van der Waals surface area contributed by atoms with Gasteiger partial charge in [-0.1, -0.05) is 17.7 Å². The van der Waals surface area contributed by atoms with Gasteiger partial charge >= 0.3 is 0 Å². The van der Waals surface area contributed by atoms with Crippen LogP contribution in [0.3, 0.4) is 0 Å². The summed E-state index contributed by atoms with van der Waals surface area (Å²) in [7, 11) is 1.67. The summed E-state index contributed by atoms with van der Waals surface area (Å²) in [4.78, 5) is 26.3. The third kappa shape index (κ3) is 3.76. The lowest BCUT2D eigenvalue weighted by atomic mass is 10.1. The molecule has 1 aromatic carbocycles. The number of hydrogen-bond acceptors (Lipinski definition) is 3. The van der Waals surface area contributed by atoms with Crippen LogP contribution in [0.1, 0.15) is 34.8 Å². The van der Waals surface area contributed by atoms with E-state index in [0.717, 1.165) is 34.6 Å². The number of carbonyl (C=O) groups is 2. The summed E-state index contributed by atoms with van der Waals surface area (Å²) >= 11 is 0. The summed E-state index contributed by atoms with van der Waals surface area (Å²) in [6, 6.07) is 7.80. The van der Waals surface area contributed by atoms with Gasteiger partial charge in [0.15, 0.2) is 0 Å². The second-order valence-corrected chi connectivity index (χ2v) is 6.98. The number of anilines is 1. The van der Waals surface area contributed by atoms with Crippen molar-refractivity contribution in [3.8, 4) is 0 Å². The van der Waals surface area contributed by atoms with Gasteiger partial charge in [0.05, 0.1) is 12.8 Å². The van der Waals surface area contributed by atoms with Crippen LogP contribution in [0, 0.1) is 26.7 Å². The van der Waals surface area contributed by atoms with Gasteiger partial charge < -0.3 is 14.6 Å². The lowest BCUT2D eigenvalue weighted by Gasteiger charge is -2.18. The zero-order chi connectivity index (χ0) is 18.1. The molecule has 0 saturated heterocycles. The van der Waals surface area contributed by atoms with Crippen LogP contribution in [-0.2, 0) is 9.59 Å². The van der Waals surface area contributed by atoms with E-state index >= 15 is 0 Å². The molecule has 1 aromatic heterocycles. The standard InChI is InChI=1S/C20H24N2O3/c1-12-8-13(2)19(14(3)9-12)21-18(23)11-22(4)20(24)16-10-15(16)17-6-5-7-25-17/h5-9,15-16H,10-11H2,1-4H3,(H,21,23). The molecular weight excluding hydrogens is 316 g/mol. The van der Waals surface area contributed by atoms with Crippen molar-refractivity contribution in [2.75, 3.05) is 18.9 Å². The molecule has 3 rings (SSSR count). The van der Waals surface area contributed by atoms with Crippen LogP contribution in [0.2, 0.25) is 0 Å². The lowest BCUT2D eigenvalue weighted by Crippen LogP contribution is -2.36. The summed E-state index contributed by atoms with van der Waals surface area (Å²) < 4.78 is 5.36. The predicted molar refractivity (Wildman–Crippen MR) is 96.5 cm³/mol. The molecule has 0 spiro atoms. The predicted octanol–water partition coefficient (Wildman–Crippen LogP) is 3.41. The number of nitrogens with one attached hydrogen (secondary N) is 1. The number of amides is 2. The van der Waals surface area contributed by atoms with Crippen LogP contribution in [0.25, 0.3) is 0 Å². The molecule has 25 heavy (non-hydrogen) atoms. The number of furan rings is 1. The Kier molecular flexibility index (Phi) is 4.66. The van der Waals surface area contributed by atoms with E-state index in [4.69, 9.17) is 4.42 Å². The topological polar surface area (TPSA) is 62.6 Å². The Bertz CT molecular complexity index is 772. The third-order valence-corrected chi connectivity index (χ3v) is 4.71. The van der Waals surface area contributed by atoms with E-state index in [1.165, 1.54) is 4.90 Å². The van der Waals surface area contributed by atoms with Crippen LogP contribution in [0.4, 0.5) is 5.69 Å². The number of benzene rings is 1. The molecule has 0 bridgehead atoms. The molecule has 132 valence electrons. The molecule has 5 heteroatoms. The van der Waals surface area contributed by atoms with Crippen molar-refractivity contribution >= 4 is 17.5 Å². The van der Waals surface area contributed by atoms with Gasteiger partial charge in [-0.05, 0) is 50.5 Å². The molecule has 1 aliphatic carbocycles. The molecule has 2 amide bonds. The highest BCUT2D eigenvalue weighted by molar-refractivity contribution is 5.96. The minimum absolute atomic E-state index is 0.00565. The van der Waals surface area contributed by atoms with Crippen molar-refractivity contribution in [2.24, 2.45) is 5.92 Å². The van der Waals surface area contributed by atoms with Crippen molar-refractivity contribution in [3.05, 3.63) is 53.0 Å². The van der Waals surface area contributed by atoms with E-state index in [1.54, 1.807) is 13.3 Å². The number of carbonyl (C=O) groups excluding carboxylic acids is 2. The minimum Gasteiger partial charge on any atom is -0.469 e. The summed E-state index contributed by atoms with van der Waals surface area (Å²) in [6.07, 6.45) is 2.41. The maximum absolute atomic E-state index is 12.5. The fraction of sp³-hybridized carbons (Fsp3) is 0.400. The van der Waals surface area contributed by atoms with Crippen molar-refractivity contribution < 1.29 is 14.0 Å². The van der Waals surface area contributed by atoms with Crippen molar-refractivity contribution in [1.29, 1.82) is 0 Å². The van der Waals surface area contributed by atoms with Gasteiger partial charge in [-0.3, -0.25) is 9.59 Å². The summed E-state index contributed by atoms with van der Waals surface area (Å²) in [5.41, 5.74) is 4.05. The van der Waals surface area contributed by atoms with E-state index in [2.05, 4.69) is 5.32 Å². The van der Waals surface area contributed by atoms with E-state index in [9.17, 15) is 9.59 Å². The summed E-state index contributed by atoms with van der Waals surface area (Å²) in [5, 5.41) is 2.94. The highest BCUT2D eigenvalue weighted by atomic mass is 16.3. The fourth-order valence-electron chi connectivity index (χ4n) is 3.42. The van der Waals surface area contributed by atoms with E-state index < -0.39 is 0 Å². The van der Waals surface area contributed by atoms with Crippen LogP contribution < -0.4 is 5.32 Å². The van der Waals surface area contributed by atoms with Gasteiger partial charge in [0.1, 0.15) is 5.76 Å². The first-order valence-corrected chi connectivity index (χ1v) is 8.53. The summed E-state index contributed by atoms with van der Waals surface area (Å²) in [5.74, 6) is 0.735. The Labute approximate surface area is 148 Å². The number of likely N-dealkylation sites (N-methyl/N-ethyl adjacent to an activating group) is 1. The number of rotatable bonds is 5. The normalized spacial score (nSPS) is 18.7. The first kappa shape index (κ1) is 17.3. The second-order valence-electron chi connectivity index (χ2n) is 6.98. The van der Waals surface area contributed by atoms with Crippen LogP contribution in [0.15, 0.2) is 34.9 Å². The molecule has 1 N–H and O–H groups in total. The van der Waals surface area contributed by atoms with Gasteiger partial charge in [0, 0.05) is 24.6 Å². The fourth-order valence-corrected chi connectivity index (χ4v) is 3.42. The third-order valence-electron chi connectivity index (χ3n) is 4.71. The zero-order valence-electron chi connectivity index (χ0n) is 15.1. The number of aryl methyl sites for hydroxylation is 3. The molecular formula is C20H24N2O3. The SMILES string of the molecule is Cc1cc(C)c(NC(=O)CN(C)C(=O)C2CC2c2ccco2)c(C)c1. The first-order chi connectivity index (χ1) is 11.9. The van der Waals surface area contributed by atoms with Gasteiger partial charge in [0.25, 0.3) is 0 Å². The Morgan fingerprint density at radius 1 is 1.24 bits per heavy atom. The molecule has 0 aliphatic heterocycles. The van der Waals surface area contributed by atoms with Crippen molar-refractivity contribution in [2.45, 2.75) is 33.1 Å². The highest BCUT2D eigenvalue weighted by Gasteiger charge is 2.47. The Morgan fingerprint density at radius 2 is 1.92 bits per heavy atom. The molecule has 1 heterocycles. The van der Waals surface area contributed by atoms with Crippen molar-refractivity contribution in [1.82, 2.24) is 4.90 Å². The first-order valence-electron chi connectivity index (χ1n) is 8.53. The molecule has 1 saturated carbocycles. The molecule has 1 fully saturated rings. The van der Waals surface area contributed by atoms with E-state index in [0.29, 0.717) is 0 Å². The molecule has 2 unspecified atom stereocenters.